The van der Waals surface area contributed by atoms with Gasteiger partial charge in [0.2, 0.25) is 0 Å². The molecule has 0 aromatic heterocycles. The van der Waals surface area contributed by atoms with Crippen molar-refractivity contribution < 1.29 is 0 Å². The molecule has 0 aliphatic carbocycles. The zero-order valence-electron chi connectivity index (χ0n) is 27.4. The number of anilines is 2. The second kappa shape index (κ2) is 18.3. The molecule has 0 fully saturated rings. The van der Waals surface area contributed by atoms with Crippen molar-refractivity contribution in [3.63, 3.8) is 0 Å². The number of hydrogen-bond acceptors (Lipinski definition) is 2. The normalized spacial score (nSPS) is 12.7. The molecule has 2 unspecified atom stereocenters. The molecule has 0 heterocycles. The molecule has 0 amide bonds. The second-order valence-corrected chi connectivity index (χ2v) is 13.0. The van der Waals surface area contributed by atoms with Crippen LogP contribution in [0.4, 0.5) is 11.4 Å². The highest BCUT2D eigenvalue weighted by molar-refractivity contribution is 5.44. The lowest BCUT2D eigenvalue weighted by molar-refractivity contribution is 0.540. The largest absolute Gasteiger partial charge is 0.399 e. The zero-order valence-corrected chi connectivity index (χ0v) is 27.4. The third-order valence-electron chi connectivity index (χ3n) is 9.51. The van der Waals surface area contributed by atoms with Gasteiger partial charge in [0, 0.05) is 23.2 Å². The maximum atomic E-state index is 5.84. The summed E-state index contributed by atoms with van der Waals surface area (Å²) in [6.07, 6.45) is 18.9. The van der Waals surface area contributed by atoms with E-state index in [2.05, 4.69) is 86.6 Å². The highest BCUT2D eigenvalue weighted by Crippen LogP contribution is 2.27. The summed E-state index contributed by atoms with van der Waals surface area (Å²) in [6.45, 7) is 4.54. The quantitative estimate of drug-likeness (QED) is 0.0845. The molecule has 0 radical (unpaired) electrons. The number of nitrogen functional groups attached to an aromatic ring is 2. The Kier molecular flexibility index (Phi) is 13.9. The minimum atomic E-state index is 0.398. The molecule has 2 atom stereocenters. The van der Waals surface area contributed by atoms with E-state index in [0.29, 0.717) is 11.8 Å². The molecule has 0 saturated heterocycles. The lowest BCUT2D eigenvalue weighted by Crippen LogP contribution is -1.97. The summed E-state index contributed by atoms with van der Waals surface area (Å²) in [6, 6.07) is 35.1. The van der Waals surface area contributed by atoms with Crippen molar-refractivity contribution in [2.45, 2.75) is 116 Å². The van der Waals surface area contributed by atoms with E-state index in [1.807, 2.05) is 24.3 Å². The molecule has 0 saturated carbocycles. The van der Waals surface area contributed by atoms with Crippen LogP contribution < -0.4 is 11.5 Å². The number of benzene rings is 4. The monoisotopic (exact) mass is 588 g/mol. The van der Waals surface area contributed by atoms with Crippen LogP contribution in [0.15, 0.2) is 97.1 Å². The van der Waals surface area contributed by atoms with E-state index < -0.39 is 0 Å². The molecule has 0 aliphatic heterocycles. The smallest absolute Gasteiger partial charge is 0.0314 e. The average molecular weight is 589 g/mol. The van der Waals surface area contributed by atoms with Crippen LogP contribution in [0.1, 0.15) is 136 Å². The molecule has 4 aromatic rings. The number of rotatable bonds is 19. The molecule has 0 bridgehead atoms. The van der Waals surface area contributed by atoms with Gasteiger partial charge in [-0.25, -0.2) is 0 Å². The molecule has 4 rings (SSSR count). The van der Waals surface area contributed by atoms with Crippen LogP contribution in [0.3, 0.4) is 0 Å². The lowest BCUT2D eigenvalue weighted by Gasteiger charge is -2.13. The number of aryl methyl sites for hydroxylation is 2. The van der Waals surface area contributed by atoms with E-state index in [1.54, 1.807) is 0 Å². The molecule has 2 nitrogen and oxygen atoms in total. The van der Waals surface area contributed by atoms with Crippen LogP contribution in [-0.4, -0.2) is 0 Å². The van der Waals surface area contributed by atoms with E-state index in [0.717, 1.165) is 11.4 Å². The average Bonchev–Trinajstić information content (AvgIpc) is 3.05. The van der Waals surface area contributed by atoms with Crippen molar-refractivity contribution >= 4 is 11.4 Å². The van der Waals surface area contributed by atoms with Crippen LogP contribution in [0.25, 0.3) is 0 Å². The van der Waals surface area contributed by atoms with Gasteiger partial charge in [-0.1, -0.05) is 151 Å². The highest BCUT2D eigenvalue weighted by Gasteiger charge is 2.09. The minimum Gasteiger partial charge on any atom is -0.399 e. The summed E-state index contributed by atoms with van der Waals surface area (Å²) >= 11 is 0. The molecule has 4 aromatic carbocycles. The minimum absolute atomic E-state index is 0.398. The van der Waals surface area contributed by atoms with E-state index in [9.17, 15) is 0 Å². The first-order valence-electron chi connectivity index (χ1n) is 17.4. The summed E-state index contributed by atoms with van der Waals surface area (Å²) < 4.78 is 0. The van der Waals surface area contributed by atoms with Crippen LogP contribution in [0, 0.1) is 0 Å². The Hall–Kier alpha value is -3.52. The van der Waals surface area contributed by atoms with Gasteiger partial charge in [0.05, 0.1) is 0 Å². The van der Waals surface area contributed by atoms with Crippen LogP contribution in [0.2, 0.25) is 0 Å². The fourth-order valence-electron chi connectivity index (χ4n) is 6.33. The predicted octanol–water partition coefficient (Wildman–Crippen LogP) is 11.6. The van der Waals surface area contributed by atoms with Crippen molar-refractivity contribution in [2.24, 2.45) is 0 Å². The first-order valence-corrected chi connectivity index (χ1v) is 17.4. The van der Waals surface area contributed by atoms with Gasteiger partial charge in [-0.3, -0.25) is 0 Å². The fraction of sp³-hybridized carbons (Fsp3) is 0.429. The lowest BCUT2D eigenvalue weighted by atomic mass is 9.92. The molecule has 44 heavy (non-hydrogen) atoms. The summed E-state index contributed by atoms with van der Waals surface area (Å²) in [5.41, 5.74) is 21.7. The van der Waals surface area contributed by atoms with E-state index in [1.165, 1.54) is 123 Å². The van der Waals surface area contributed by atoms with Crippen molar-refractivity contribution in [3.05, 3.63) is 130 Å². The summed E-state index contributed by atoms with van der Waals surface area (Å²) in [4.78, 5) is 0. The number of hydrogen-bond donors (Lipinski definition) is 2. The Labute approximate surface area is 268 Å². The van der Waals surface area contributed by atoms with Crippen molar-refractivity contribution in [1.29, 1.82) is 0 Å². The number of nitrogens with two attached hydrogens (primary N) is 2. The summed E-state index contributed by atoms with van der Waals surface area (Å²) in [5, 5.41) is 0. The molecular formula is C42H56N2. The summed E-state index contributed by atoms with van der Waals surface area (Å²) in [7, 11) is 0. The topological polar surface area (TPSA) is 52.0 Å². The van der Waals surface area contributed by atoms with Crippen LogP contribution >= 0.6 is 0 Å². The summed E-state index contributed by atoms with van der Waals surface area (Å²) in [5.74, 6) is 0.797. The molecule has 4 N–H and O–H groups in total. The van der Waals surface area contributed by atoms with Gasteiger partial charge >= 0.3 is 0 Å². The fourth-order valence-corrected chi connectivity index (χ4v) is 6.33. The van der Waals surface area contributed by atoms with Gasteiger partial charge in [0.15, 0.2) is 0 Å². The second-order valence-electron chi connectivity index (χ2n) is 13.0. The van der Waals surface area contributed by atoms with Crippen molar-refractivity contribution in [3.8, 4) is 0 Å². The van der Waals surface area contributed by atoms with Gasteiger partial charge in [0.25, 0.3) is 0 Å². The predicted molar refractivity (Wildman–Crippen MR) is 192 cm³/mol. The molecule has 2 heteroatoms. The third kappa shape index (κ3) is 11.2. The van der Waals surface area contributed by atoms with E-state index in [4.69, 9.17) is 11.5 Å². The maximum Gasteiger partial charge on any atom is 0.0314 e. The SMILES string of the molecule is CC(c1ccc(N)cc1)c1ccc(CCCCCCCCCCCCCCc2ccc(C(C)c3ccc(N)cc3)cc2)cc1. The zero-order chi connectivity index (χ0) is 31.0. The van der Waals surface area contributed by atoms with Crippen LogP contribution in [0.5, 0.6) is 0 Å². The Morgan fingerprint density at radius 3 is 0.841 bits per heavy atom. The van der Waals surface area contributed by atoms with Crippen molar-refractivity contribution in [2.75, 3.05) is 11.5 Å². The maximum absolute atomic E-state index is 5.84. The Balaban J connectivity index is 0.954. The standard InChI is InChI=1S/C42H56N2/c1-33(39-25-29-41(43)30-26-39)37-21-17-35(18-22-37)15-13-11-9-7-5-3-4-6-8-10-12-14-16-36-19-23-38(24-20-36)34(2)40-27-31-42(44)32-28-40/h17-34H,3-16,43-44H2,1-2H3. The van der Waals surface area contributed by atoms with Crippen molar-refractivity contribution in [1.82, 2.24) is 0 Å². The van der Waals surface area contributed by atoms with Gasteiger partial charge in [-0.05, 0) is 83.3 Å². The van der Waals surface area contributed by atoms with Gasteiger partial charge < -0.3 is 11.5 Å². The number of unbranched alkanes of at least 4 members (excludes halogenated alkanes) is 11. The van der Waals surface area contributed by atoms with Gasteiger partial charge in [-0.15, -0.1) is 0 Å². The van der Waals surface area contributed by atoms with Gasteiger partial charge in [0.1, 0.15) is 0 Å². The Morgan fingerprint density at radius 1 is 0.341 bits per heavy atom. The first kappa shape index (κ1) is 33.4. The Morgan fingerprint density at radius 2 is 0.568 bits per heavy atom. The molecule has 0 aliphatic rings. The molecule has 234 valence electrons. The first-order chi connectivity index (χ1) is 21.5. The molecule has 0 spiro atoms. The highest BCUT2D eigenvalue weighted by atomic mass is 14.5. The van der Waals surface area contributed by atoms with Gasteiger partial charge in [-0.2, -0.15) is 0 Å². The third-order valence-corrected chi connectivity index (χ3v) is 9.51. The van der Waals surface area contributed by atoms with E-state index >= 15 is 0 Å². The molecular weight excluding hydrogens is 532 g/mol. The Bertz CT molecular complexity index is 1210. The van der Waals surface area contributed by atoms with Crippen LogP contribution in [-0.2, 0) is 12.8 Å². The van der Waals surface area contributed by atoms with E-state index in [-0.39, 0.29) is 0 Å².